The highest BCUT2D eigenvalue weighted by Crippen LogP contribution is 2.34. The standard InChI is InChI=1S/C17H14N4O5S/c22-8-7-20-15(23)10-13(17(20)24)19-11-3-1-4-12(9-11)27-16-14(21(25)26)5-2-6-18-16/h1-6,9-10,19,22H,7-8H2. The molecule has 2 N–H and O–H groups in total. The second kappa shape index (κ2) is 7.98. The molecule has 0 saturated heterocycles. The van der Waals surface area contributed by atoms with Gasteiger partial charge in [-0.3, -0.25) is 24.6 Å². The van der Waals surface area contributed by atoms with Gasteiger partial charge in [-0.25, -0.2) is 4.98 Å². The number of nitrogens with one attached hydrogen (secondary N) is 1. The van der Waals surface area contributed by atoms with E-state index in [-0.39, 0.29) is 29.6 Å². The summed E-state index contributed by atoms with van der Waals surface area (Å²) < 4.78 is 0. The minimum Gasteiger partial charge on any atom is -0.395 e. The maximum absolute atomic E-state index is 12.2. The van der Waals surface area contributed by atoms with Gasteiger partial charge in [0.25, 0.3) is 11.8 Å². The van der Waals surface area contributed by atoms with Gasteiger partial charge in [-0.05, 0) is 24.3 Å². The van der Waals surface area contributed by atoms with Crippen molar-refractivity contribution < 1.29 is 19.6 Å². The maximum atomic E-state index is 12.2. The Labute approximate surface area is 157 Å². The van der Waals surface area contributed by atoms with Gasteiger partial charge in [0.1, 0.15) is 5.70 Å². The van der Waals surface area contributed by atoms with Gasteiger partial charge in [-0.1, -0.05) is 17.8 Å². The van der Waals surface area contributed by atoms with E-state index in [2.05, 4.69) is 10.3 Å². The van der Waals surface area contributed by atoms with Crippen LogP contribution in [0.4, 0.5) is 11.4 Å². The maximum Gasteiger partial charge on any atom is 0.301 e. The Bertz CT molecular complexity index is 946. The summed E-state index contributed by atoms with van der Waals surface area (Å²) in [5.74, 6) is -1.02. The lowest BCUT2D eigenvalue weighted by molar-refractivity contribution is -0.388. The molecule has 9 nitrogen and oxygen atoms in total. The molecule has 0 radical (unpaired) electrons. The number of hydrogen-bond acceptors (Lipinski definition) is 8. The number of rotatable bonds is 7. The molecule has 0 atom stereocenters. The molecule has 1 aliphatic rings. The van der Waals surface area contributed by atoms with Gasteiger partial charge in [0.15, 0.2) is 5.03 Å². The number of amides is 2. The molecule has 0 aliphatic carbocycles. The molecule has 10 heteroatoms. The van der Waals surface area contributed by atoms with Crippen LogP contribution < -0.4 is 5.32 Å². The normalized spacial score (nSPS) is 13.7. The molecule has 0 unspecified atom stereocenters. The van der Waals surface area contributed by atoms with Crippen LogP contribution in [0.5, 0.6) is 0 Å². The Balaban J connectivity index is 1.77. The highest BCUT2D eigenvalue weighted by Gasteiger charge is 2.30. The molecule has 0 fully saturated rings. The molecule has 138 valence electrons. The average molecular weight is 386 g/mol. The number of carbonyl (C=O) groups excluding carboxylic acids is 2. The van der Waals surface area contributed by atoms with Gasteiger partial charge in [-0.15, -0.1) is 0 Å². The van der Waals surface area contributed by atoms with Crippen LogP contribution in [-0.4, -0.2) is 44.9 Å². The van der Waals surface area contributed by atoms with E-state index < -0.39 is 16.7 Å². The highest BCUT2D eigenvalue weighted by atomic mass is 32.2. The Morgan fingerprint density at radius 1 is 1.26 bits per heavy atom. The molecule has 2 aromatic rings. The Hall–Kier alpha value is -3.24. The third-order valence-electron chi connectivity index (χ3n) is 3.61. The zero-order chi connectivity index (χ0) is 19.4. The number of aromatic nitrogens is 1. The third-order valence-corrected chi connectivity index (χ3v) is 4.61. The zero-order valence-corrected chi connectivity index (χ0v) is 14.7. The second-order valence-electron chi connectivity index (χ2n) is 5.42. The first-order valence-electron chi connectivity index (χ1n) is 7.82. The number of β-amino-alcohol motifs (C(OH)–C–C–N with tert-alkyl or cyclic N) is 1. The van der Waals surface area contributed by atoms with Crippen molar-refractivity contribution in [2.24, 2.45) is 0 Å². The first kappa shape index (κ1) is 18.5. The molecule has 2 amide bonds. The third kappa shape index (κ3) is 4.13. The average Bonchev–Trinajstić information content (AvgIpc) is 2.90. The van der Waals surface area contributed by atoms with Crippen LogP contribution in [0.2, 0.25) is 0 Å². The van der Waals surface area contributed by atoms with E-state index >= 15 is 0 Å². The number of pyridine rings is 1. The lowest BCUT2D eigenvalue weighted by Crippen LogP contribution is -2.34. The quantitative estimate of drug-likeness (QED) is 0.419. The molecule has 0 spiro atoms. The molecular formula is C17H14N4O5S. The van der Waals surface area contributed by atoms with Crippen LogP contribution in [0, 0.1) is 10.1 Å². The molecule has 27 heavy (non-hydrogen) atoms. The van der Waals surface area contributed by atoms with Crippen molar-refractivity contribution >= 4 is 35.0 Å². The van der Waals surface area contributed by atoms with Crippen molar-refractivity contribution in [1.82, 2.24) is 9.88 Å². The summed E-state index contributed by atoms with van der Waals surface area (Å²) >= 11 is 1.12. The number of hydrogen-bond donors (Lipinski definition) is 2. The number of nitrogens with zero attached hydrogens (tertiary/aromatic N) is 3. The van der Waals surface area contributed by atoms with E-state index in [0.717, 1.165) is 16.7 Å². The number of aliphatic hydroxyl groups is 1. The van der Waals surface area contributed by atoms with Crippen LogP contribution in [0.15, 0.2) is 64.3 Å². The van der Waals surface area contributed by atoms with Gasteiger partial charge in [-0.2, -0.15) is 0 Å². The summed E-state index contributed by atoms with van der Waals surface area (Å²) in [6.45, 7) is -0.383. The molecule has 2 heterocycles. The summed E-state index contributed by atoms with van der Waals surface area (Å²) in [5.41, 5.74) is 0.538. The van der Waals surface area contributed by atoms with Crippen molar-refractivity contribution in [1.29, 1.82) is 0 Å². The SMILES string of the molecule is O=C1C=C(Nc2cccc(Sc3ncccc3[N+](=O)[O-])c2)C(=O)N1CCO. The minimum atomic E-state index is -0.521. The first-order chi connectivity index (χ1) is 13.0. The van der Waals surface area contributed by atoms with E-state index in [1.807, 2.05) is 0 Å². The van der Waals surface area contributed by atoms with Gasteiger partial charge in [0.05, 0.1) is 18.1 Å². The van der Waals surface area contributed by atoms with Crippen LogP contribution in [0.25, 0.3) is 0 Å². The van der Waals surface area contributed by atoms with E-state index in [1.165, 1.54) is 24.4 Å². The van der Waals surface area contributed by atoms with E-state index in [1.54, 1.807) is 24.3 Å². The number of aliphatic hydroxyl groups excluding tert-OH is 1. The summed E-state index contributed by atoms with van der Waals surface area (Å²) in [4.78, 5) is 40.2. The summed E-state index contributed by atoms with van der Waals surface area (Å²) in [7, 11) is 0. The van der Waals surface area contributed by atoms with E-state index in [0.29, 0.717) is 10.6 Å². The number of benzene rings is 1. The second-order valence-corrected chi connectivity index (χ2v) is 6.48. The fourth-order valence-electron chi connectivity index (χ4n) is 2.41. The number of nitro groups is 1. The van der Waals surface area contributed by atoms with Gasteiger partial charge in [0, 0.05) is 28.9 Å². The molecule has 0 bridgehead atoms. The summed E-state index contributed by atoms with van der Waals surface area (Å²) in [6, 6.07) is 9.73. The number of carbonyl (C=O) groups is 2. The van der Waals surface area contributed by atoms with Crippen LogP contribution in [-0.2, 0) is 9.59 Å². The van der Waals surface area contributed by atoms with Crippen molar-refractivity contribution in [3.8, 4) is 0 Å². The molecule has 3 rings (SSSR count). The number of anilines is 1. The Morgan fingerprint density at radius 2 is 2.07 bits per heavy atom. The Morgan fingerprint density at radius 3 is 2.81 bits per heavy atom. The molecular weight excluding hydrogens is 372 g/mol. The van der Waals surface area contributed by atoms with Crippen LogP contribution in [0.3, 0.4) is 0 Å². The van der Waals surface area contributed by atoms with E-state index in [4.69, 9.17) is 5.11 Å². The molecule has 0 saturated carbocycles. The zero-order valence-electron chi connectivity index (χ0n) is 13.9. The summed E-state index contributed by atoms with van der Waals surface area (Å²) in [5, 5.41) is 23.2. The highest BCUT2D eigenvalue weighted by molar-refractivity contribution is 7.99. The smallest absolute Gasteiger partial charge is 0.301 e. The Kier molecular flexibility index (Phi) is 5.48. The minimum absolute atomic E-state index is 0.0709. The predicted octanol–water partition coefficient (Wildman–Crippen LogP) is 1.80. The van der Waals surface area contributed by atoms with Crippen molar-refractivity contribution in [2.45, 2.75) is 9.92 Å². The van der Waals surface area contributed by atoms with Gasteiger partial charge in [0.2, 0.25) is 0 Å². The van der Waals surface area contributed by atoms with Gasteiger partial charge >= 0.3 is 5.69 Å². The molecule has 1 aromatic heterocycles. The summed E-state index contributed by atoms with van der Waals surface area (Å²) in [6.07, 6.45) is 2.64. The fraction of sp³-hybridized carbons (Fsp3) is 0.118. The van der Waals surface area contributed by atoms with Crippen molar-refractivity contribution in [3.05, 3.63) is 64.5 Å². The van der Waals surface area contributed by atoms with Crippen molar-refractivity contribution in [2.75, 3.05) is 18.5 Å². The molecule has 1 aromatic carbocycles. The monoisotopic (exact) mass is 386 g/mol. The largest absolute Gasteiger partial charge is 0.395 e. The topological polar surface area (TPSA) is 126 Å². The van der Waals surface area contributed by atoms with Gasteiger partial charge < -0.3 is 10.4 Å². The fourth-order valence-corrected chi connectivity index (χ4v) is 3.33. The first-order valence-corrected chi connectivity index (χ1v) is 8.64. The van der Waals surface area contributed by atoms with E-state index in [9.17, 15) is 19.7 Å². The van der Waals surface area contributed by atoms with Crippen molar-refractivity contribution in [3.63, 3.8) is 0 Å². The predicted molar refractivity (Wildman–Crippen MR) is 97.0 cm³/mol. The lowest BCUT2D eigenvalue weighted by atomic mass is 10.3. The lowest BCUT2D eigenvalue weighted by Gasteiger charge is -2.13. The van der Waals surface area contributed by atoms with Crippen LogP contribution >= 0.6 is 11.8 Å². The number of imide groups is 1. The molecule has 1 aliphatic heterocycles. The van der Waals surface area contributed by atoms with Crippen LogP contribution in [0.1, 0.15) is 0 Å².